The normalized spacial score (nSPS) is 15.7. The number of para-hydroxylation sites is 1. The highest BCUT2D eigenvalue weighted by Crippen LogP contribution is 2.17. The highest BCUT2D eigenvalue weighted by atomic mass is 16.5. The molecular weight excluding hydrogens is 368 g/mol. The van der Waals surface area contributed by atoms with Gasteiger partial charge in [0, 0.05) is 19.6 Å². The largest absolute Gasteiger partial charge is 0.494 e. The first kappa shape index (κ1) is 20.9. The number of anilines is 1. The van der Waals surface area contributed by atoms with Gasteiger partial charge in [0.1, 0.15) is 5.75 Å². The second kappa shape index (κ2) is 10.6. The van der Waals surface area contributed by atoms with Crippen LogP contribution in [0.2, 0.25) is 0 Å². The minimum atomic E-state index is -0.209. The van der Waals surface area contributed by atoms with Crippen molar-refractivity contribution in [2.24, 2.45) is 0 Å². The molecular formula is C23H28N2O4. The first-order valence-corrected chi connectivity index (χ1v) is 10.1. The average molecular weight is 396 g/mol. The van der Waals surface area contributed by atoms with E-state index in [1.165, 1.54) is 5.56 Å². The maximum atomic E-state index is 12.5. The van der Waals surface area contributed by atoms with E-state index in [1.54, 1.807) is 24.3 Å². The standard InChI is InChI=1S/C23H28N2O4/c1-17-10-12-18(13-11-17)28-15-5-9-22(26)25-21-8-3-2-7-20(21)23(27)24-16-19-6-4-14-29-19/h2-3,7-8,10-13,19H,4-6,9,14-16H2,1H3,(H,24,27)(H,25,26)/t19-/m0/s1. The van der Waals surface area contributed by atoms with Crippen molar-refractivity contribution in [1.29, 1.82) is 0 Å². The molecule has 2 N–H and O–H groups in total. The van der Waals surface area contributed by atoms with Crippen LogP contribution in [0.5, 0.6) is 5.75 Å². The molecule has 1 aliphatic rings. The van der Waals surface area contributed by atoms with Gasteiger partial charge in [0.15, 0.2) is 0 Å². The van der Waals surface area contributed by atoms with Crippen molar-refractivity contribution in [2.45, 2.75) is 38.7 Å². The number of aryl methyl sites for hydroxylation is 1. The Labute approximate surface area is 171 Å². The van der Waals surface area contributed by atoms with Crippen molar-refractivity contribution >= 4 is 17.5 Å². The Bertz CT molecular complexity index is 814. The van der Waals surface area contributed by atoms with Crippen molar-refractivity contribution in [1.82, 2.24) is 5.32 Å². The van der Waals surface area contributed by atoms with Crippen LogP contribution in [0, 0.1) is 6.92 Å². The summed E-state index contributed by atoms with van der Waals surface area (Å²) in [5, 5.41) is 5.73. The maximum Gasteiger partial charge on any atom is 0.253 e. The van der Waals surface area contributed by atoms with Gasteiger partial charge in [0.2, 0.25) is 5.91 Å². The predicted molar refractivity (Wildman–Crippen MR) is 112 cm³/mol. The van der Waals surface area contributed by atoms with Gasteiger partial charge < -0.3 is 20.1 Å². The van der Waals surface area contributed by atoms with Crippen molar-refractivity contribution in [3.63, 3.8) is 0 Å². The van der Waals surface area contributed by atoms with Crippen LogP contribution in [0.4, 0.5) is 5.69 Å². The molecule has 1 saturated heterocycles. The van der Waals surface area contributed by atoms with Gasteiger partial charge in [-0.25, -0.2) is 0 Å². The van der Waals surface area contributed by atoms with Gasteiger partial charge in [-0.3, -0.25) is 9.59 Å². The SMILES string of the molecule is Cc1ccc(OCCCC(=O)Nc2ccccc2C(=O)NC[C@@H]2CCCO2)cc1. The molecule has 29 heavy (non-hydrogen) atoms. The summed E-state index contributed by atoms with van der Waals surface area (Å²) in [5.74, 6) is 0.445. The molecule has 6 heteroatoms. The Morgan fingerprint density at radius 1 is 1.14 bits per heavy atom. The monoisotopic (exact) mass is 396 g/mol. The van der Waals surface area contributed by atoms with E-state index in [0.717, 1.165) is 25.2 Å². The van der Waals surface area contributed by atoms with Crippen molar-refractivity contribution in [3.05, 3.63) is 59.7 Å². The van der Waals surface area contributed by atoms with Crippen molar-refractivity contribution in [2.75, 3.05) is 25.1 Å². The van der Waals surface area contributed by atoms with Crippen LogP contribution >= 0.6 is 0 Å². The summed E-state index contributed by atoms with van der Waals surface area (Å²) in [5.41, 5.74) is 2.15. The summed E-state index contributed by atoms with van der Waals surface area (Å²) in [6.07, 6.45) is 2.98. The van der Waals surface area contributed by atoms with Crippen LogP contribution in [-0.4, -0.2) is 37.7 Å². The summed E-state index contributed by atoms with van der Waals surface area (Å²) in [6.45, 7) is 3.72. The van der Waals surface area contributed by atoms with Crippen molar-refractivity contribution in [3.8, 4) is 5.75 Å². The van der Waals surface area contributed by atoms with Gasteiger partial charge in [0.05, 0.1) is 24.0 Å². The first-order chi connectivity index (χ1) is 14.1. The summed E-state index contributed by atoms with van der Waals surface area (Å²) in [4.78, 5) is 24.8. The molecule has 6 nitrogen and oxygen atoms in total. The van der Waals surface area contributed by atoms with Gasteiger partial charge in [-0.05, 0) is 50.5 Å². The fraction of sp³-hybridized carbons (Fsp3) is 0.391. The Morgan fingerprint density at radius 3 is 2.69 bits per heavy atom. The minimum absolute atomic E-state index is 0.0780. The van der Waals surface area contributed by atoms with Crippen LogP contribution in [0.1, 0.15) is 41.6 Å². The first-order valence-electron chi connectivity index (χ1n) is 10.1. The van der Waals surface area contributed by atoms with E-state index in [4.69, 9.17) is 9.47 Å². The van der Waals surface area contributed by atoms with E-state index in [0.29, 0.717) is 37.2 Å². The third-order valence-electron chi connectivity index (χ3n) is 4.80. The molecule has 154 valence electrons. The number of amides is 2. The predicted octanol–water partition coefficient (Wildman–Crippen LogP) is 3.70. The zero-order chi connectivity index (χ0) is 20.5. The Kier molecular flexibility index (Phi) is 7.64. The summed E-state index contributed by atoms with van der Waals surface area (Å²) < 4.78 is 11.2. The van der Waals surface area contributed by atoms with Crippen LogP contribution in [0.25, 0.3) is 0 Å². The maximum absolute atomic E-state index is 12.5. The molecule has 0 radical (unpaired) electrons. The topological polar surface area (TPSA) is 76.7 Å². The second-order valence-electron chi connectivity index (χ2n) is 7.20. The lowest BCUT2D eigenvalue weighted by Crippen LogP contribution is -2.32. The molecule has 3 rings (SSSR count). The number of hydrogen-bond donors (Lipinski definition) is 2. The van der Waals surface area contributed by atoms with E-state index < -0.39 is 0 Å². The molecule has 0 bridgehead atoms. The highest BCUT2D eigenvalue weighted by Gasteiger charge is 2.18. The van der Waals surface area contributed by atoms with Gasteiger partial charge in [-0.1, -0.05) is 29.8 Å². The lowest BCUT2D eigenvalue weighted by molar-refractivity contribution is -0.116. The molecule has 0 unspecified atom stereocenters. The zero-order valence-corrected chi connectivity index (χ0v) is 16.8. The Hall–Kier alpha value is -2.86. The third kappa shape index (κ3) is 6.61. The molecule has 1 fully saturated rings. The zero-order valence-electron chi connectivity index (χ0n) is 16.8. The van der Waals surface area contributed by atoms with Gasteiger partial charge >= 0.3 is 0 Å². The molecule has 2 amide bonds. The molecule has 2 aromatic carbocycles. The molecule has 2 aromatic rings. The summed E-state index contributed by atoms with van der Waals surface area (Å²) in [7, 11) is 0. The number of hydrogen-bond acceptors (Lipinski definition) is 4. The van der Waals surface area contributed by atoms with Crippen LogP contribution in [0.15, 0.2) is 48.5 Å². The molecule has 0 saturated carbocycles. The van der Waals surface area contributed by atoms with E-state index in [-0.39, 0.29) is 17.9 Å². The van der Waals surface area contributed by atoms with E-state index in [9.17, 15) is 9.59 Å². The lowest BCUT2D eigenvalue weighted by Gasteiger charge is -2.14. The van der Waals surface area contributed by atoms with Crippen LogP contribution in [-0.2, 0) is 9.53 Å². The van der Waals surface area contributed by atoms with E-state index >= 15 is 0 Å². The van der Waals surface area contributed by atoms with Gasteiger partial charge in [-0.2, -0.15) is 0 Å². The number of benzene rings is 2. The molecule has 1 atom stereocenters. The smallest absolute Gasteiger partial charge is 0.253 e. The lowest BCUT2D eigenvalue weighted by atomic mass is 10.1. The summed E-state index contributed by atoms with van der Waals surface area (Å²) in [6, 6.07) is 14.8. The van der Waals surface area contributed by atoms with E-state index in [2.05, 4.69) is 10.6 Å². The molecule has 0 aliphatic carbocycles. The van der Waals surface area contributed by atoms with Crippen LogP contribution < -0.4 is 15.4 Å². The van der Waals surface area contributed by atoms with Crippen molar-refractivity contribution < 1.29 is 19.1 Å². The van der Waals surface area contributed by atoms with Crippen LogP contribution in [0.3, 0.4) is 0 Å². The highest BCUT2D eigenvalue weighted by molar-refractivity contribution is 6.03. The minimum Gasteiger partial charge on any atom is -0.494 e. The second-order valence-corrected chi connectivity index (χ2v) is 7.20. The molecule has 0 spiro atoms. The quantitative estimate of drug-likeness (QED) is 0.634. The Morgan fingerprint density at radius 2 is 1.93 bits per heavy atom. The van der Waals surface area contributed by atoms with Gasteiger partial charge in [0.25, 0.3) is 5.91 Å². The van der Waals surface area contributed by atoms with Gasteiger partial charge in [-0.15, -0.1) is 0 Å². The Balaban J connectivity index is 1.44. The number of carbonyl (C=O) groups excluding carboxylic acids is 2. The van der Waals surface area contributed by atoms with E-state index in [1.807, 2.05) is 31.2 Å². The number of nitrogens with one attached hydrogen (secondary N) is 2. The number of rotatable bonds is 9. The summed E-state index contributed by atoms with van der Waals surface area (Å²) >= 11 is 0. The molecule has 0 aromatic heterocycles. The average Bonchev–Trinajstić information content (AvgIpc) is 3.25. The third-order valence-corrected chi connectivity index (χ3v) is 4.80. The number of carbonyl (C=O) groups is 2. The molecule has 1 aliphatic heterocycles. The molecule has 1 heterocycles. The number of ether oxygens (including phenoxy) is 2. The fourth-order valence-corrected chi connectivity index (χ4v) is 3.17. The fourth-order valence-electron chi connectivity index (χ4n) is 3.17.